The Balaban J connectivity index is 2.05. The Morgan fingerprint density at radius 3 is 2.75 bits per heavy atom. The van der Waals surface area contributed by atoms with Gasteiger partial charge in [0.15, 0.2) is 0 Å². The molecule has 2 aromatic carbocycles. The number of aliphatic hydroxyl groups excluding tert-OH is 1. The standard InChI is InChI=1S/C16H11BrFNO/c17-14-9-12(18)4-5-13(14)16(20)11-3-6-15-10(8-11)2-1-7-19-15/h1-9,16,20H. The number of halogens is 2. The van der Waals surface area contributed by atoms with Crippen molar-refractivity contribution in [3.05, 3.63) is 76.1 Å². The van der Waals surface area contributed by atoms with Crippen LogP contribution < -0.4 is 0 Å². The maximum atomic E-state index is 13.1. The topological polar surface area (TPSA) is 33.1 Å². The summed E-state index contributed by atoms with van der Waals surface area (Å²) in [6.45, 7) is 0. The molecule has 0 spiro atoms. The van der Waals surface area contributed by atoms with Gasteiger partial charge in [-0.1, -0.05) is 34.1 Å². The van der Waals surface area contributed by atoms with Crippen LogP contribution in [0.4, 0.5) is 4.39 Å². The number of benzene rings is 2. The van der Waals surface area contributed by atoms with Crippen molar-refractivity contribution in [1.29, 1.82) is 0 Å². The molecule has 2 nitrogen and oxygen atoms in total. The average Bonchev–Trinajstić information content (AvgIpc) is 2.46. The van der Waals surface area contributed by atoms with Crippen LogP contribution >= 0.6 is 15.9 Å². The number of nitrogens with zero attached hydrogens (tertiary/aromatic N) is 1. The van der Waals surface area contributed by atoms with Crippen molar-refractivity contribution in [1.82, 2.24) is 4.98 Å². The number of hydrogen-bond donors (Lipinski definition) is 1. The van der Waals surface area contributed by atoms with Crippen LogP contribution in [0.3, 0.4) is 0 Å². The zero-order chi connectivity index (χ0) is 14.1. The second-order valence-electron chi connectivity index (χ2n) is 4.52. The third kappa shape index (κ3) is 2.44. The van der Waals surface area contributed by atoms with Gasteiger partial charge in [-0.25, -0.2) is 4.39 Å². The number of aromatic nitrogens is 1. The van der Waals surface area contributed by atoms with Crippen LogP contribution in [-0.4, -0.2) is 10.1 Å². The van der Waals surface area contributed by atoms with E-state index in [-0.39, 0.29) is 5.82 Å². The fourth-order valence-corrected chi connectivity index (χ4v) is 2.73. The molecule has 0 fully saturated rings. The largest absolute Gasteiger partial charge is 0.384 e. The summed E-state index contributed by atoms with van der Waals surface area (Å²) in [5, 5.41) is 11.4. The lowest BCUT2D eigenvalue weighted by Crippen LogP contribution is -2.01. The van der Waals surface area contributed by atoms with Crippen LogP contribution in [0.5, 0.6) is 0 Å². The molecule has 1 N–H and O–H groups in total. The van der Waals surface area contributed by atoms with Gasteiger partial charge in [0.2, 0.25) is 0 Å². The normalized spacial score (nSPS) is 12.6. The molecule has 0 amide bonds. The molecule has 0 saturated heterocycles. The second kappa shape index (κ2) is 5.31. The molecule has 20 heavy (non-hydrogen) atoms. The molecule has 1 unspecified atom stereocenters. The van der Waals surface area contributed by atoms with Crippen LogP contribution in [0.15, 0.2) is 59.2 Å². The van der Waals surface area contributed by atoms with E-state index in [2.05, 4.69) is 20.9 Å². The van der Waals surface area contributed by atoms with Gasteiger partial charge in [-0.15, -0.1) is 0 Å². The molecule has 4 heteroatoms. The SMILES string of the molecule is OC(c1ccc2ncccc2c1)c1ccc(F)cc1Br. The van der Waals surface area contributed by atoms with Crippen molar-refractivity contribution in [2.24, 2.45) is 0 Å². The van der Waals surface area contributed by atoms with Gasteiger partial charge >= 0.3 is 0 Å². The van der Waals surface area contributed by atoms with Crippen LogP contribution in [0.2, 0.25) is 0 Å². The third-order valence-corrected chi connectivity index (χ3v) is 3.89. The Morgan fingerprint density at radius 2 is 1.95 bits per heavy atom. The first-order valence-corrected chi connectivity index (χ1v) is 6.92. The first kappa shape index (κ1) is 13.2. The number of rotatable bonds is 2. The van der Waals surface area contributed by atoms with Crippen molar-refractivity contribution < 1.29 is 9.50 Å². The van der Waals surface area contributed by atoms with E-state index in [0.717, 1.165) is 16.5 Å². The number of hydrogen-bond acceptors (Lipinski definition) is 2. The lowest BCUT2D eigenvalue weighted by molar-refractivity contribution is 0.219. The molecule has 1 heterocycles. The Morgan fingerprint density at radius 1 is 1.10 bits per heavy atom. The van der Waals surface area contributed by atoms with Crippen molar-refractivity contribution in [3.8, 4) is 0 Å². The monoisotopic (exact) mass is 331 g/mol. The summed E-state index contributed by atoms with van der Waals surface area (Å²) in [4.78, 5) is 4.24. The summed E-state index contributed by atoms with van der Waals surface area (Å²) < 4.78 is 13.7. The average molecular weight is 332 g/mol. The molecule has 0 aliphatic heterocycles. The molecular formula is C16H11BrFNO. The van der Waals surface area contributed by atoms with E-state index in [1.807, 2.05) is 30.3 Å². The number of pyridine rings is 1. The predicted octanol–water partition coefficient (Wildman–Crippen LogP) is 4.22. The highest BCUT2D eigenvalue weighted by atomic mass is 79.9. The zero-order valence-corrected chi connectivity index (χ0v) is 12.0. The molecule has 0 radical (unpaired) electrons. The fraction of sp³-hybridized carbons (Fsp3) is 0.0625. The molecular weight excluding hydrogens is 321 g/mol. The maximum absolute atomic E-state index is 13.1. The van der Waals surface area contributed by atoms with Crippen molar-refractivity contribution >= 4 is 26.8 Å². The highest BCUT2D eigenvalue weighted by Crippen LogP contribution is 2.30. The Kier molecular flexibility index (Phi) is 3.51. The Bertz CT molecular complexity index is 775. The van der Waals surface area contributed by atoms with E-state index in [0.29, 0.717) is 10.0 Å². The summed E-state index contributed by atoms with van der Waals surface area (Å²) >= 11 is 3.28. The first-order chi connectivity index (χ1) is 9.65. The van der Waals surface area contributed by atoms with Crippen molar-refractivity contribution in [2.45, 2.75) is 6.10 Å². The van der Waals surface area contributed by atoms with Crippen molar-refractivity contribution in [2.75, 3.05) is 0 Å². The van der Waals surface area contributed by atoms with Crippen molar-refractivity contribution in [3.63, 3.8) is 0 Å². The van der Waals surface area contributed by atoms with Gasteiger partial charge in [-0.2, -0.15) is 0 Å². The Hall–Kier alpha value is -1.78. The smallest absolute Gasteiger partial charge is 0.124 e. The van der Waals surface area contributed by atoms with Crippen LogP contribution in [0.25, 0.3) is 10.9 Å². The number of aliphatic hydroxyl groups is 1. The van der Waals surface area contributed by atoms with Gasteiger partial charge in [-0.3, -0.25) is 4.98 Å². The van der Waals surface area contributed by atoms with E-state index in [9.17, 15) is 9.50 Å². The molecule has 0 bridgehead atoms. The third-order valence-electron chi connectivity index (χ3n) is 3.20. The van der Waals surface area contributed by atoms with Gasteiger partial charge < -0.3 is 5.11 Å². The molecule has 0 aliphatic carbocycles. The lowest BCUT2D eigenvalue weighted by Gasteiger charge is -2.14. The fourth-order valence-electron chi connectivity index (χ4n) is 2.17. The highest BCUT2D eigenvalue weighted by molar-refractivity contribution is 9.10. The summed E-state index contributed by atoms with van der Waals surface area (Å²) in [5.74, 6) is -0.337. The minimum absolute atomic E-state index is 0.337. The molecule has 0 saturated carbocycles. The minimum Gasteiger partial charge on any atom is -0.384 e. The van der Waals surface area contributed by atoms with Gasteiger partial charge in [-0.05, 0) is 41.5 Å². The minimum atomic E-state index is -0.811. The molecule has 0 aliphatic rings. The van der Waals surface area contributed by atoms with E-state index < -0.39 is 6.10 Å². The highest BCUT2D eigenvalue weighted by Gasteiger charge is 2.14. The van der Waals surface area contributed by atoms with Gasteiger partial charge in [0.1, 0.15) is 11.9 Å². The van der Waals surface area contributed by atoms with Crippen LogP contribution in [0, 0.1) is 5.82 Å². The first-order valence-electron chi connectivity index (χ1n) is 6.13. The predicted molar refractivity (Wildman–Crippen MR) is 79.9 cm³/mol. The van der Waals surface area contributed by atoms with Crippen LogP contribution in [0.1, 0.15) is 17.2 Å². The summed E-state index contributed by atoms with van der Waals surface area (Å²) in [6, 6.07) is 13.7. The Labute approximate surface area is 124 Å². The zero-order valence-electron chi connectivity index (χ0n) is 10.4. The van der Waals surface area contributed by atoms with E-state index >= 15 is 0 Å². The van der Waals surface area contributed by atoms with Gasteiger partial charge in [0.05, 0.1) is 5.52 Å². The summed E-state index contributed by atoms with van der Waals surface area (Å²) in [5.41, 5.74) is 2.26. The molecule has 3 aromatic rings. The maximum Gasteiger partial charge on any atom is 0.124 e. The number of fused-ring (bicyclic) bond motifs is 1. The summed E-state index contributed by atoms with van der Waals surface area (Å²) in [6.07, 6.45) is 0.921. The molecule has 100 valence electrons. The quantitative estimate of drug-likeness (QED) is 0.762. The summed E-state index contributed by atoms with van der Waals surface area (Å²) in [7, 11) is 0. The molecule has 1 aromatic heterocycles. The van der Waals surface area contributed by atoms with E-state index in [4.69, 9.17) is 0 Å². The van der Waals surface area contributed by atoms with Gasteiger partial charge in [0, 0.05) is 16.1 Å². The molecule has 3 rings (SSSR count). The van der Waals surface area contributed by atoms with Gasteiger partial charge in [0.25, 0.3) is 0 Å². The second-order valence-corrected chi connectivity index (χ2v) is 5.38. The lowest BCUT2D eigenvalue weighted by atomic mass is 10.00. The van der Waals surface area contributed by atoms with Crippen LogP contribution in [-0.2, 0) is 0 Å². The molecule has 1 atom stereocenters. The van der Waals surface area contributed by atoms with E-state index in [1.165, 1.54) is 12.1 Å². The van der Waals surface area contributed by atoms with E-state index in [1.54, 1.807) is 12.3 Å².